The number of hydrogen-bond acceptors (Lipinski definition) is 4. The summed E-state index contributed by atoms with van der Waals surface area (Å²) in [6.45, 7) is 4.06. The number of aromatic nitrogens is 3. The molecule has 0 unspecified atom stereocenters. The number of nitrogens with one attached hydrogen (secondary N) is 1. The normalized spacial score (nSPS) is 15.7. The smallest absolute Gasteiger partial charge is 0.217 e. The molecule has 6 nitrogen and oxygen atoms in total. The van der Waals surface area contributed by atoms with Gasteiger partial charge < -0.3 is 5.32 Å². The van der Waals surface area contributed by atoms with Gasteiger partial charge in [0.15, 0.2) is 0 Å². The van der Waals surface area contributed by atoms with Crippen LogP contribution in [0.25, 0.3) is 5.69 Å². The maximum atomic E-state index is 11.0. The lowest BCUT2D eigenvalue weighted by Crippen LogP contribution is -2.58. The maximum Gasteiger partial charge on any atom is 0.217 e. The van der Waals surface area contributed by atoms with Crippen molar-refractivity contribution < 1.29 is 4.79 Å². The molecule has 2 heterocycles. The third kappa shape index (κ3) is 3.22. The monoisotopic (exact) mass is 305 g/mol. The van der Waals surface area contributed by atoms with Crippen LogP contribution in [0.3, 0.4) is 0 Å². The molecule has 1 aromatic heterocycles. The van der Waals surface area contributed by atoms with E-state index < -0.39 is 0 Å². The third-order valence-electron chi connectivity index (χ3n) is 3.47. The van der Waals surface area contributed by atoms with E-state index >= 15 is 0 Å². The molecular weight excluding hydrogens is 290 g/mol. The van der Waals surface area contributed by atoms with Gasteiger partial charge in [-0.15, -0.1) is 0 Å². The molecule has 21 heavy (non-hydrogen) atoms. The Hall–Kier alpha value is -1.92. The van der Waals surface area contributed by atoms with Crippen LogP contribution in [-0.4, -0.2) is 44.7 Å². The zero-order valence-electron chi connectivity index (χ0n) is 11.7. The first-order valence-corrected chi connectivity index (χ1v) is 7.12. The molecule has 0 aliphatic carbocycles. The first-order chi connectivity index (χ1) is 10.1. The summed E-state index contributed by atoms with van der Waals surface area (Å²) in [5.41, 5.74) is 2.06. The second-order valence-electron chi connectivity index (χ2n) is 5.20. The van der Waals surface area contributed by atoms with Crippen LogP contribution in [0.2, 0.25) is 5.02 Å². The third-order valence-corrected chi connectivity index (χ3v) is 3.71. The van der Waals surface area contributed by atoms with Crippen LogP contribution < -0.4 is 5.32 Å². The van der Waals surface area contributed by atoms with Crippen molar-refractivity contribution in [3.63, 3.8) is 0 Å². The van der Waals surface area contributed by atoms with Crippen LogP contribution in [0.4, 0.5) is 0 Å². The number of likely N-dealkylation sites (tertiary alicyclic amines) is 1. The fourth-order valence-corrected chi connectivity index (χ4v) is 2.70. The van der Waals surface area contributed by atoms with Crippen LogP contribution in [0.15, 0.2) is 30.9 Å². The van der Waals surface area contributed by atoms with E-state index in [1.54, 1.807) is 17.9 Å². The minimum absolute atomic E-state index is 0.0226. The molecule has 1 amide bonds. The van der Waals surface area contributed by atoms with Gasteiger partial charge in [0.2, 0.25) is 5.91 Å². The molecule has 1 aliphatic heterocycles. The molecule has 0 spiro atoms. The van der Waals surface area contributed by atoms with E-state index in [0.717, 1.165) is 30.9 Å². The lowest BCUT2D eigenvalue weighted by atomic mass is 10.1. The summed E-state index contributed by atoms with van der Waals surface area (Å²) in [6.07, 6.45) is 3.16. The van der Waals surface area contributed by atoms with Gasteiger partial charge in [0.1, 0.15) is 12.7 Å². The van der Waals surface area contributed by atoms with Crippen molar-refractivity contribution in [2.45, 2.75) is 19.5 Å². The predicted molar refractivity (Wildman–Crippen MR) is 79.3 cm³/mol. The fourth-order valence-electron chi connectivity index (χ4n) is 2.54. The van der Waals surface area contributed by atoms with Crippen LogP contribution in [0, 0.1) is 0 Å². The first-order valence-electron chi connectivity index (χ1n) is 6.74. The molecule has 1 N–H and O–H groups in total. The van der Waals surface area contributed by atoms with Crippen LogP contribution >= 0.6 is 11.6 Å². The van der Waals surface area contributed by atoms with E-state index in [9.17, 15) is 4.79 Å². The quantitative estimate of drug-likeness (QED) is 0.923. The molecule has 0 atom stereocenters. The minimum atomic E-state index is 0.0226. The Morgan fingerprint density at radius 1 is 1.48 bits per heavy atom. The zero-order chi connectivity index (χ0) is 14.8. The van der Waals surface area contributed by atoms with Crippen molar-refractivity contribution in [2.75, 3.05) is 13.1 Å². The number of nitrogens with zero attached hydrogens (tertiary/aromatic N) is 4. The highest BCUT2D eigenvalue weighted by Gasteiger charge is 2.27. The van der Waals surface area contributed by atoms with E-state index in [0.29, 0.717) is 5.02 Å². The van der Waals surface area contributed by atoms with Crippen molar-refractivity contribution in [1.82, 2.24) is 25.0 Å². The number of benzene rings is 1. The van der Waals surface area contributed by atoms with Crippen LogP contribution in [0.5, 0.6) is 0 Å². The summed E-state index contributed by atoms with van der Waals surface area (Å²) in [7, 11) is 0. The van der Waals surface area contributed by atoms with E-state index in [1.165, 1.54) is 6.33 Å². The van der Waals surface area contributed by atoms with Crippen molar-refractivity contribution >= 4 is 17.5 Å². The van der Waals surface area contributed by atoms with Gasteiger partial charge in [-0.2, -0.15) is 5.10 Å². The van der Waals surface area contributed by atoms with Gasteiger partial charge in [-0.25, -0.2) is 9.67 Å². The average Bonchev–Trinajstić information content (AvgIpc) is 2.91. The number of hydrogen-bond donors (Lipinski definition) is 1. The molecule has 0 radical (unpaired) electrons. The van der Waals surface area contributed by atoms with Crippen LogP contribution in [-0.2, 0) is 11.3 Å². The Labute approximate surface area is 127 Å². The average molecular weight is 306 g/mol. The largest absolute Gasteiger partial charge is 0.351 e. The lowest BCUT2D eigenvalue weighted by Gasteiger charge is -2.39. The second kappa shape index (κ2) is 5.83. The Morgan fingerprint density at radius 2 is 2.29 bits per heavy atom. The summed E-state index contributed by atoms with van der Waals surface area (Å²) in [5, 5.41) is 7.75. The molecule has 7 heteroatoms. The van der Waals surface area contributed by atoms with Crippen molar-refractivity contribution in [1.29, 1.82) is 0 Å². The number of amides is 1. The van der Waals surface area contributed by atoms with E-state index in [2.05, 4.69) is 20.3 Å². The number of halogens is 1. The van der Waals surface area contributed by atoms with Crippen molar-refractivity contribution in [3.05, 3.63) is 41.4 Å². The highest BCUT2D eigenvalue weighted by molar-refractivity contribution is 6.30. The summed E-state index contributed by atoms with van der Waals surface area (Å²) < 4.78 is 1.71. The number of rotatable bonds is 4. The molecule has 0 saturated carbocycles. The van der Waals surface area contributed by atoms with Gasteiger partial charge in [0.05, 0.1) is 11.7 Å². The van der Waals surface area contributed by atoms with Gasteiger partial charge in [-0.05, 0) is 17.7 Å². The SMILES string of the molecule is CC(=O)NC1CN(Cc2ccc(Cl)cc2-n2cncn2)C1. The van der Waals surface area contributed by atoms with Gasteiger partial charge in [0, 0.05) is 31.6 Å². The minimum Gasteiger partial charge on any atom is -0.351 e. The Morgan fingerprint density at radius 3 is 2.95 bits per heavy atom. The summed E-state index contributed by atoms with van der Waals surface area (Å²) in [5.74, 6) is 0.0226. The molecule has 1 aliphatic rings. The maximum absolute atomic E-state index is 11.0. The second-order valence-corrected chi connectivity index (χ2v) is 5.64. The Kier molecular flexibility index (Phi) is 3.90. The molecule has 3 rings (SSSR count). The van der Waals surface area contributed by atoms with Gasteiger partial charge in [0.25, 0.3) is 0 Å². The molecule has 1 fully saturated rings. The highest BCUT2D eigenvalue weighted by atomic mass is 35.5. The van der Waals surface area contributed by atoms with Gasteiger partial charge in [-0.1, -0.05) is 17.7 Å². The summed E-state index contributed by atoms with van der Waals surface area (Å²) in [4.78, 5) is 17.2. The molecular formula is C14H16ClN5O. The standard InChI is InChI=1S/C14H16ClN5O/c1-10(21)18-13-6-19(7-13)5-11-2-3-12(15)4-14(11)20-9-16-8-17-20/h2-4,8-9,13H,5-7H2,1H3,(H,18,21). The number of carbonyl (C=O) groups excluding carboxylic acids is 1. The number of carbonyl (C=O) groups is 1. The fraction of sp³-hybridized carbons (Fsp3) is 0.357. The highest BCUT2D eigenvalue weighted by Crippen LogP contribution is 2.22. The molecule has 2 aromatic rings. The Balaban J connectivity index is 1.71. The van der Waals surface area contributed by atoms with Crippen LogP contribution in [0.1, 0.15) is 12.5 Å². The summed E-state index contributed by atoms with van der Waals surface area (Å²) in [6, 6.07) is 6.02. The molecule has 110 valence electrons. The van der Waals surface area contributed by atoms with E-state index in [-0.39, 0.29) is 11.9 Å². The lowest BCUT2D eigenvalue weighted by molar-refractivity contribution is -0.120. The van der Waals surface area contributed by atoms with E-state index in [4.69, 9.17) is 11.6 Å². The molecule has 1 saturated heterocycles. The predicted octanol–water partition coefficient (Wildman–Crippen LogP) is 1.24. The van der Waals surface area contributed by atoms with Gasteiger partial charge >= 0.3 is 0 Å². The van der Waals surface area contributed by atoms with Crippen molar-refractivity contribution in [3.8, 4) is 5.69 Å². The summed E-state index contributed by atoms with van der Waals surface area (Å²) >= 11 is 6.08. The Bertz CT molecular complexity index is 637. The van der Waals surface area contributed by atoms with E-state index in [1.807, 2.05) is 18.2 Å². The topological polar surface area (TPSA) is 63.1 Å². The first kappa shape index (κ1) is 14.0. The van der Waals surface area contributed by atoms with Crippen molar-refractivity contribution in [2.24, 2.45) is 0 Å². The zero-order valence-corrected chi connectivity index (χ0v) is 12.4. The van der Waals surface area contributed by atoms with Gasteiger partial charge in [-0.3, -0.25) is 9.69 Å². The molecule has 0 bridgehead atoms. The molecule has 1 aromatic carbocycles.